The molecule has 2 saturated carbocycles. The summed E-state index contributed by atoms with van der Waals surface area (Å²) in [7, 11) is 3.89. The van der Waals surface area contributed by atoms with Crippen molar-refractivity contribution in [2.45, 2.75) is 101 Å². The summed E-state index contributed by atoms with van der Waals surface area (Å²) in [4.78, 5) is 27.4. The summed E-state index contributed by atoms with van der Waals surface area (Å²) in [5.41, 5.74) is 0. The molecule has 0 aromatic heterocycles. The van der Waals surface area contributed by atoms with Gasteiger partial charge in [-0.2, -0.15) is 13.2 Å². The van der Waals surface area contributed by atoms with Crippen LogP contribution in [0, 0.1) is 11.8 Å². The number of hydrogen-bond acceptors (Lipinski definition) is 6. The number of rotatable bonds is 9. The molecule has 11 heteroatoms. The van der Waals surface area contributed by atoms with Gasteiger partial charge in [-0.25, -0.2) is 4.79 Å². The SMILES string of the molecule is CN(C)CCCNC1CC(C(F)(F)F)NC(NC(=O)NC2CCC(C(=O)C3CCCCC3)CC2)N1. The van der Waals surface area contributed by atoms with Crippen LogP contribution in [-0.4, -0.2) is 74.6 Å². The van der Waals surface area contributed by atoms with Crippen LogP contribution >= 0.6 is 0 Å². The molecular formula is C24H43F3N6O2. The second-order valence-electron chi connectivity index (χ2n) is 10.7. The maximum Gasteiger partial charge on any atom is 0.404 e. The third-order valence-electron chi connectivity index (χ3n) is 7.52. The van der Waals surface area contributed by atoms with E-state index in [1.165, 1.54) is 6.42 Å². The highest BCUT2D eigenvalue weighted by Crippen LogP contribution is 2.33. The molecular weight excluding hydrogens is 461 g/mol. The van der Waals surface area contributed by atoms with E-state index < -0.39 is 30.7 Å². The zero-order chi connectivity index (χ0) is 25.4. The standard InChI is InChI=1S/C24H43F3N6O2/c1-33(2)14-6-13-28-20-15-19(24(25,26)27)30-22(31-20)32-23(35)29-18-11-9-17(10-12-18)21(34)16-7-4-3-5-8-16/h16-20,22,28,30-31H,3-15H2,1-2H3,(H2,29,32,35). The molecule has 0 aromatic rings. The van der Waals surface area contributed by atoms with E-state index in [1.54, 1.807) is 0 Å². The normalized spacial score (nSPS) is 30.7. The Morgan fingerprint density at radius 1 is 0.914 bits per heavy atom. The van der Waals surface area contributed by atoms with Gasteiger partial charge in [0.05, 0.1) is 6.17 Å². The van der Waals surface area contributed by atoms with Crippen LogP contribution in [0.1, 0.15) is 70.6 Å². The lowest BCUT2D eigenvalue weighted by molar-refractivity contribution is -0.167. The van der Waals surface area contributed by atoms with E-state index in [0.717, 1.165) is 51.5 Å². The van der Waals surface area contributed by atoms with E-state index in [2.05, 4.69) is 26.6 Å². The molecule has 0 aromatic carbocycles. The zero-order valence-corrected chi connectivity index (χ0v) is 21.1. The highest BCUT2D eigenvalue weighted by atomic mass is 19.4. The van der Waals surface area contributed by atoms with Crippen molar-refractivity contribution in [3.8, 4) is 0 Å². The van der Waals surface area contributed by atoms with E-state index in [9.17, 15) is 22.8 Å². The van der Waals surface area contributed by atoms with Crippen LogP contribution in [0.2, 0.25) is 0 Å². The maximum atomic E-state index is 13.4. The van der Waals surface area contributed by atoms with E-state index in [4.69, 9.17) is 0 Å². The molecule has 3 unspecified atom stereocenters. The number of amides is 2. The maximum absolute atomic E-state index is 13.4. The number of carbonyl (C=O) groups excluding carboxylic acids is 2. The lowest BCUT2D eigenvalue weighted by Crippen LogP contribution is -2.71. The van der Waals surface area contributed by atoms with Gasteiger partial charge in [0.25, 0.3) is 0 Å². The first-order valence-electron chi connectivity index (χ1n) is 13.2. The molecule has 3 rings (SSSR count). The summed E-state index contributed by atoms with van der Waals surface area (Å²) in [6.07, 6.45) is 3.10. The van der Waals surface area contributed by atoms with Crippen LogP contribution in [0.3, 0.4) is 0 Å². The van der Waals surface area contributed by atoms with Crippen molar-refractivity contribution < 1.29 is 22.8 Å². The lowest BCUT2D eigenvalue weighted by Gasteiger charge is -2.39. The summed E-state index contributed by atoms with van der Waals surface area (Å²) in [6.45, 7) is 1.40. The molecule has 3 aliphatic rings. The second kappa shape index (κ2) is 13.2. The quantitative estimate of drug-likeness (QED) is 0.310. The first-order valence-corrected chi connectivity index (χ1v) is 13.2. The summed E-state index contributed by atoms with van der Waals surface area (Å²) >= 11 is 0. The molecule has 3 atom stereocenters. The highest BCUT2D eigenvalue weighted by molar-refractivity contribution is 5.83. The van der Waals surface area contributed by atoms with Gasteiger partial charge in [-0.15, -0.1) is 0 Å². The fraction of sp³-hybridized carbons (Fsp3) is 0.917. The topological polar surface area (TPSA) is 97.5 Å². The fourth-order valence-electron chi connectivity index (χ4n) is 5.55. The number of alkyl halides is 3. The van der Waals surface area contributed by atoms with Crippen molar-refractivity contribution in [2.24, 2.45) is 11.8 Å². The van der Waals surface area contributed by atoms with E-state index in [0.29, 0.717) is 25.2 Å². The Kier molecular flexibility index (Phi) is 10.6. The molecule has 1 aliphatic heterocycles. The minimum absolute atomic E-state index is 0.0765. The predicted octanol–water partition coefficient (Wildman–Crippen LogP) is 2.66. The third kappa shape index (κ3) is 9.18. The zero-order valence-electron chi connectivity index (χ0n) is 21.1. The molecule has 2 aliphatic carbocycles. The average molecular weight is 505 g/mol. The molecule has 8 nitrogen and oxygen atoms in total. The first kappa shape index (κ1) is 28.1. The Balaban J connectivity index is 1.43. The van der Waals surface area contributed by atoms with Crippen LogP contribution in [0.5, 0.6) is 0 Å². The molecule has 35 heavy (non-hydrogen) atoms. The van der Waals surface area contributed by atoms with E-state index >= 15 is 0 Å². The van der Waals surface area contributed by atoms with Gasteiger partial charge >= 0.3 is 12.2 Å². The number of ketones is 1. The van der Waals surface area contributed by atoms with E-state index in [1.807, 2.05) is 19.0 Å². The Hall–Kier alpha value is -1.43. The van der Waals surface area contributed by atoms with Gasteiger partial charge in [0.1, 0.15) is 18.1 Å². The largest absolute Gasteiger partial charge is 0.404 e. The number of Topliss-reactive ketones (excluding diaryl/α,β-unsaturated/α-hetero) is 1. The molecule has 0 bridgehead atoms. The van der Waals surface area contributed by atoms with Crippen molar-refractivity contribution >= 4 is 11.8 Å². The van der Waals surface area contributed by atoms with Crippen LogP contribution in [0.15, 0.2) is 0 Å². The smallest absolute Gasteiger partial charge is 0.335 e. The van der Waals surface area contributed by atoms with Crippen molar-refractivity contribution in [3.05, 3.63) is 0 Å². The van der Waals surface area contributed by atoms with Crippen LogP contribution in [0.25, 0.3) is 0 Å². The van der Waals surface area contributed by atoms with Gasteiger partial charge in [0, 0.05) is 24.3 Å². The number of halogens is 3. The van der Waals surface area contributed by atoms with Crippen molar-refractivity contribution in [3.63, 3.8) is 0 Å². The minimum Gasteiger partial charge on any atom is -0.335 e. The van der Waals surface area contributed by atoms with Crippen LogP contribution < -0.4 is 26.6 Å². The lowest BCUT2D eigenvalue weighted by atomic mass is 9.75. The summed E-state index contributed by atoms with van der Waals surface area (Å²) in [6, 6.07) is -2.31. The van der Waals surface area contributed by atoms with Crippen LogP contribution in [0.4, 0.5) is 18.0 Å². The Morgan fingerprint density at radius 3 is 2.20 bits per heavy atom. The Bertz CT molecular complexity index is 679. The molecule has 1 saturated heterocycles. The number of carbonyl (C=O) groups is 2. The Labute approximate surface area is 206 Å². The van der Waals surface area contributed by atoms with Crippen LogP contribution in [-0.2, 0) is 4.79 Å². The molecule has 1 heterocycles. The van der Waals surface area contributed by atoms with Crippen molar-refractivity contribution in [1.82, 2.24) is 31.5 Å². The van der Waals surface area contributed by atoms with Gasteiger partial charge in [-0.1, -0.05) is 19.3 Å². The predicted molar refractivity (Wildman–Crippen MR) is 128 cm³/mol. The average Bonchev–Trinajstić information content (AvgIpc) is 2.81. The van der Waals surface area contributed by atoms with Gasteiger partial charge in [0.15, 0.2) is 0 Å². The number of nitrogens with one attached hydrogen (secondary N) is 5. The minimum atomic E-state index is -4.41. The first-order chi connectivity index (χ1) is 16.6. The molecule has 5 N–H and O–H groups in total. The third-order valence-corrected chi connectivity index (χ3v) is 7.52. The molecule has 0 spiro atoms. The number of nitrogens with zero attached hydrogens (tertiary/aromatic N) is 1. The fourth-order valence-corrected chi connectivity index (χ4v) is 5.55. The van der Waals surface area contributed by atoms with Gasteiger partial charge in [-0.05, 0) is 72.1 Å². The van der Waals surface area contributed by atoms with Gasteiger partial charge in [0.2, 0.25) is 0 Å². The second-order valence-corrected chi connectivity index (χ2v) is 10.7. The number of urea groups is 1. The van der Waals surface area contributed by atoms with Crippen molar-refractivity contribution in [1.29, 1.82) is 0 Å². The molecule has 0 radical (unpaired) electrons. The number of hydrogen-bond donors (Lipinski definition) is 5. The summed E-state index contributed by atoms with van der Waals surface area (Å²) < 4.78 is 40.3. The molecule has 2 amide bonds. The highest BCUT2D eigenvalue weighted by Gasteiger charge is 2.45. The summed E-state index contributed by atoms with van der Waals surface area (Å²) in [5, 5.41) is 14.1. The molecule has 202 valence electrons. The van der Waals surface area contributed by atoms with Gasteiger partial charge < -0.3 is 20.9 Å². The van der Waals surface area contributed by atoms with Crippen molar-refractivity contribution in [2.75, 3.05) is 27.2 Å². The summed E-state index contributed by atoms with van der Waals surface area (Å²) in [5.74, 6) is 0.675. The molecule has 3 fully saturated rings. The van der Waals surface area contributed by atoms with Gasteiger partial charge in [-0.3, -0.25) is 15.4 Å². The monoisotopic (exact) mass is 504 g/mol. The van der Waals surface area contributed by atoms with E-state index in [-0.39, 0.29) is 24.3 Å². The Morgan fingerprint density at radius 2 is 1.57 bits per heavy atom.